The SMILES string of the molecule is CC(C)Cc1ccc(-c2nc(-c3ccc(CN4CC(C)C4)cc3)no2)cc1. The van der Waals surface area contributed by atoms with Crippen LogP contribution in [0.3, 0.4) is 0 Å². The lowest BCUT2D eigenvalue weighted by Gasteiger charge is -2.37. The molecule has 1 aromatic heterocycles. The summed E-state index contributed by atoms with van der Waals surface area (Å²) in [5.74, 6) is 2.69. The van der Waals surface area contributed by atoms with Crippen molar-refractivity contribution in [1.82, 2.24) is 15.0 Å². The van der Waals surface area contributed by atoms with E-state index in [4.69, 9.17) is 4.52 Å². The number of benzene rings is 2. The van der Waals surface area contributed by atoms with Gasteiger partial charge in [0, 0.05) is 30.8 Å². The fourth-order valence-corrected chi connectivity index (χ4v) is 3.69. The molecule has 1 fully saturated rings. The van der Waals surface area contributed by atoms with Crippen molar-refractivity contribution < 1.29 is 4.52 Å². The molecule has 0 N–H and O–H groups in total. The molecule has 0 unspecified atom stereocenters. The van der Waals surface area contributed by atoms with Gasteiger partial charge in [-0.1, -0.05) is 62.3 Å². The van der Waals surface area contributed by atoms with Crippen molar-refractivity contribution >= 4 is 0 Å². The molecule has 2 heterocycles. The van der Waals surface area contributed by atoms with Crippen molar-refractivity contribution in [3.05, 3.63) is 59.7 Å². The van der Waals surface area contributed by atoms with Gasteiger partial charge < -0.3 is 4.52 Å². The number of nitrogens with zero attached hydrogens (tertiary/aromatic N) is 3. The maximum atomic E-state index is 5.49. The van der Waals surface area contributed by atoms with Crippen molar-refractivity contribution in [3.63, 3.8) is 0 Å². The van der Waals surface area contributed by atoms with E-state index >= 15 is 0 Å². The van der Waals surface area contributed by atoms with Crippen LogP contribution in [0.1, 0.15) is 31.9 Å². The lowest BCUT2D eigenvalue weighted by atomic mass is 10.0. The molecule has 2 aromatic carbocycles. The predicted octanol–water partition coefficient (Wildman–Crippen LogP) is 5.05. The minimum absolute atomic E-state index is 0.569. The molecule has 4 heteroatoms. The Morgan fingerprint density at radius 2 is 1.59 bits per heavy atom. The maximum absolute atomic E-state index is 5.49. The number of hydrogen-bond acceptors (Lipinski definition) is 4. The molecule has 0 aliphatic carbocycles. The fraction of sp³-hybridized carbons (Fsp3) is 0.391. The van der Waals surface area contributed by atoms with Gasteiger partial charge in [-0.3, -0.25) is 4.90 Å². The molecule has 1 aliphatic rings. The highest BCUT2D eigenvalue weighted by molar-refractivity contribution is 5.60. The van der Waals surface area contributed by atoms with Gasteiger partial charge in [-0.25, -0.2) is 0 Å². The summed E-state index contributed by atoms with van der Waals surface area (Å²) in [6.45, 7) is 10.2. The zero-order chi connectivity index (χ0) is 18.8. The molecule has 0 bridgehead atoms. The quantitative estimate of drug-likeness (QED) is 0.616. The van der Waals surface area contributed by atoms with E-state index < -0.39 is 0 Å². The molecule has 0 spiro atoms. The van der Waals surface area contributed by atoms with E-state index in [-0.39, 0.29) is 0 Å². The highest BCUT2D eigenvalue weighted by Gasteiger charge is 2.22. The highest BCUT2D eigenvalue weighted by Crippen LogP contribution is 2.24. The van der Waals surface area contributed by atoms with Gasteiger partial charge in [0.25, 0.3) is 5.89 Å². The summed E-state index contributed by atoms with van der Waals surface area (Å²) in [7, 11) is 0. The van der Waals surface area contributed by atoms with Gasteiger partial charge in [0.15, 0.2) is 0 Å². The van der Waals surface area contributed by atoms with Crippen LogP contribution >= 0.6 is 0 Å². The van der Waals surface area contributed by atoms with E-state index in [1.165, 1.54) is 24.2 Å². The van der Waals surface area contributed by atoms with Gasteiger partial charge in [0.1, 0.15) is 0 Å². The molecule has 0 radical (unpaired) electrons. The molecule has 4 nitrogen and oxygen atoms in total. The van der Waals surface area contributed by atoms with Crippen LogP contribution in [0.4, 0.5) is 0 Å². The molecule has 140 valence electrons. The second-order valence-electron chi connectivity index (χ2n) is 8.21. The average molecular weight is 361 g/mol. The zero-order valence-corrected chi connectivity index (χ0v) is 16.4. The van der Waals surface area contributed by atoms with Crippen molar-refractivity contribution in [2.24, 2.45) is 11.8 Å². The van der Waals surface area contributed by atoms with Crippen molar-refractivity contribution in [1.29, 1.82) is 0 Å². The highest BCUT2D eigenvalue weighted by atomic mass is 16.5. The fourth-order valence-electron chi connectivity index (χ4n) is 3.69. The van der Waals surface area contributed by atoms with Gasteiger partial charge >= 0.3 is 0 Å². The van der Waals surface area contributed by atoms with Gasteiger partial charge in [-0.15, -0.1) is 0 Å². The third kappa shape index (κ3) is 4.28. The average Bonchev–Trinajstić information content (AvgIpc) is 3.11. The minimum atomic E-state index is 0.569. The Bertz CT molecular complexity index is 875. The van der Waals surface area contributed by atoms with Gasteiger partial charge in [-0.05, 0) is 41.5 Å². The largest absolute Gasteiger partial charge is 0.334 e. The molecular formula is C23H27N3O. The Morgan fingerprint density at radius 1 is 0.963 bits per heavy atom. The van der Waals surface area contributed by atoms with E-state index in [1.807, 2.05) is 0 Å². The smallest absolute Gasteiger partial charge is 0.258 e. The topological polar surface area (TPSA) is 42.2 Å². The van der Waals surface area contributed by atoms with Crippen LogP contribution in [-0.4, -0.2) is 28.1 Å². The molecule has 0 amide bonds. The number of aromatic nitrogens is 2. The normalized spacial score (nSPS) is 15.3. The van der Waals surface area contributed by atoms with Crippen LogP contribution in [0, 0.1) is 11.8 Å². The minimum Gasteiger partial charge on any atom is -0.334 e. The molecule has 1 saturated heterocycles. The van der Waals surface area contributed by atoms with Crippen molar-refractivity contribution in [3.8, 4) is 22.8 Å². The third-order valence-corrected chi connectivity index (χ3v) is 5.03. The number of rotatable bonds is 6. The molecule has 3 aromatic rings. The summed E-state index contributed by atoms with van der Waals surface area (Å²) < 4.78 is 5.49. The Kier molecular flexibility index (Phi) is 5.08. The van der Waals surface area contributed by atoms with E-state index in [0.29, 0.717) is 17.6 Å². The first-order valence-corrected chi connectivity index (χ1v) is 9.81. The predicted molar refractivity (Wildman–Crippen MR) is 108 cm³/mol. The summed E-state index contributed by atoms with van der Waals surface area (Å²) >= 11 is 0. The number of hydrogen-bond donors (Lipinski definition) is 0. The lowest BCUT2D eigenvalue weighted by molar-refractivity contribution is 0.105. The van der Waals surface area contributed by atoms with Crippen LogP contribution in [0.25, 0.3) is 22.8 Å². The second-order valence-corrected chi connectivity index (χ2v) is 8.21. The van der Waals surface area contributed by atoms with Crippen LogP contribution < -0.4 is 0 Å². The third-order valence-electron chi connectivity index (χ3n) is 5.03. The number of likely N-dealkylation sites (tertiary alicyclic amines) is 1. The lowest BCUT2D eigenvalue weighted by Crippen LogP contribution is -2.44. The maximum Gasteiger partial charge on any atom is 0.258 e. The molecule has 4 rings (SSSR count). The van der Waals surface area contributed by atoms with Gasteiger partial charge in [-0.2, -0.15) is 4.98 Å². The summed E-state index contributed by atoms with van der Waals surface area (Å²) in [6, 6.07) is 16.9. The van der Waals surface area contributed by atoms with Crippen molar-refractivity contribution in [2.75, 3.05) is 13.1 Å². The first-order chi connectivity index (χ1) is 13.1. The van der Waals surface area contributed by atoms with Crippen molar-refractivity contribution in [2.45, 2.75) is 33.7 Å². The Labute approximate surface area is 161 Å². The van der Waals surface area contributed by atoms with Crippen LogP contribution in [0.5, 0.6) is 0 Å². The Hall–Kier alpha value is -2.46. The van der Waals surface area contributed by atoms with Crippen LogP contribution in [0.2, 0.25) is 0 Å². The van der Waals surface area contributed by atoms with Gasteiger partial charge in [0.05, 0.1) is 0 Å². The molecule has 1 aliphatic heterocycles. The Balaban J connectivity index is 1.44. The molecule has 0 atom stereocenters. The van der Waals surface area contributed by atoms with E-state index in [9.17, 15) is 0 Å². The first kappa shape index (κ1) is 17.9. The van der Waals surface area contributed by atoms with Crippen LogP contribution in [0.15, 0.2) is 53.1 Å². The molecule has 0 saturated carbocycles. The first-order valence-electron chi connectivity index (χ1n) is 9.81. The monoisotopic (exact) mass is 361 g/mol. The molecule has 27 heavy (non-hydrogen) atoms. The Morgan fingerprint density at radius 3 is 2.22 bits per heavy atom. The summed E-state index contributed by atoms with van der Waals surface area (Å²) in [6.07, 6.45) is 1.08. The summed E-state index contributed by atoms with van der Waals surface area (Å²) in [4.78, 5) is 7.05. The molecular weight excluding hydrogens is 334 g/mol. The summed E-state index contributed by atoms with van der Waals surface area (Å²) in [5, 5.41) is 4.16. The second kappa shape index (κ2) is 7.65. The summed E-state index contributed by atoms with van der Waals surface area (Å²) in [5.41, 5.74) is 4.61. The van der Waals surface area contributed by atoms with Gasteiger partial charge in [0.2, 0.25) is 5.82 Å². The zero-order valence-electron chi connectivity index (χ0n) is 16.4. The van der Waals surface area contributed by atoms with Crippen LogP contribution in [-0.2, 0) is 13.0 Å². The standard InChI is InChI=1S/C23H27N3O/c1-16(2)12-18-4-10-21(11-5-18)23-24-22(25-27-23)20-8-6-19(7-9-20)15-26-13-17(3)14-26/h4-11,16-17H,12-15H2,1-3H3. The van der Waals surface area contributed by atoms with E-state index in [2.05, 4.69) is 84.3 Å². The van der Waals surface area contributed by atoms with E-state index in [0.717, 1.165) is 30.0 Å². The van der Waals surface area contributed by atoms with E-state index in [1.54, 1.807) is 0 Å².